The van der Waals surface area contributed by atoms with Crippen LogP contribution < -0.4 is 10.1 Å². The van der Waals surface area contributed by atoms with Crippen molar-refractivity contribution in [1.82, 2.24) is 10.3 Å². The van der Waals surface area contributed by atoms with Crippen LogP contribution in [-0.2, 0) is 11.3 Å². The number of pyridine rings is 1. The van der Waals surface area contributed by atoms with E-state index < -0.39 is 0 Å². The Kier molecular flexibility index (Phi) is 7.01. The minimum atomic E-state index is 0.251. The Bertz CT molecular complexity index is 355. The smallest absolute Gasteiger partial charge is 0.122 e. The van der Waals surface area contributed by atoms with E-state index in [0.29, 0.717) is 19.0 Å². The van der Waals surface area contributed by atoms with Crippen LogP contribution in [0.2, 0.25) is 0 Å². The number of hydrogen-bond donors (Lipinski definition) is 1. The van der Waals surface area contributed by atoms with E-state index in [1.54, 1.807) is 14.2 Å². The topological polar surface area (TPSA) is 43.4 Å². The van der Waals surface area contributed by atoms with Gasteiger partial charge in [0.2, 0.25) is 0 Å². The minimum Gasteiger partial charge on any atom is -0.497 e. The second-order valence-corrected chi connectivity index (χ2v) is 4.53. The largest absolute Gasteiger partial charge is 0.497 e. The highest BCUT2D eigenvalue weighted by Gasteiger charge is 2.08. The summed E-state index contributed by atoms with van der Waals surface area (Å²) in [6.07, 6.45) is 0.873. The number of nitrogens with one attached hydrogen (secondary N) is 1. The maximum Gasteiger partial charge on any atom is 0.122 e. The number of aromatic nitrogens is 1. The SMILES string of the molecule is COCC(CCCl)NCc1cc(OC)cc(C)n1. The predicted octanol–water partition coefficient (Wildman–Crippen LogP) is 2.13. The summed E-state index contributed by atoms with van der Waals surface area (Å²) in [6, 6.07) is 4.10. The number of alkyl halides is 1. The van der Waals surface area contributed by atoms with Gasteiger partial charge in [-0.25, -0.2) is 0 Å². The zero-order chi connectivity index (χ0) is 13.4. The maximum absolute atomic E-state index is 5.76. The molecule has 0 aliphatic heterocycles. The highest BCUT2D eigenvalue weighted by atomic mass is 35.5. The quantitative estimate of drug-likeness (QED) is 0.737. The minimum absolute atomic E-state index is 0.251. The van der Waals surface area contributed by atoms with Crippen molar-refractivity contribution in [2.75, 3.05) is 26.7 Å². The lowest BCUT2D eigenvalue weighted by molar-refractivity contribution is 0.164. The van der Waals surface area contributed by atoms with Crippen LogP contribution in [0.25, 0.3) is 0 Å². The molecule has 0 radical (unpaired) electrons. The zero-order valence-corrected chi connectivity index (χ0v) is 12.0. The molecule has 0 bridgehead atoms. The number of aryl methyl sites for hydroxylation is 1. The first-order valence-electron chi connectivity index (χ1n) is 5.99. The average molecular weight is 273 g/mol. The summed E-state index contributed by atoms with van der Waals surface area (Å²) in [5.41, 5.74) is 1.91. The third kappa shape index (κ3) is 5.21. The highest BCUT2D eigenvalue weighted by molar-refractivity contribution is 6.17. The molecule has 1 heterocycles. The van der Waals surface area contributed by atoms with Crippen molar-refractivity contribution in [2.24, 2.45) is 0 Å². The van der Waals surface area contributed by atoms with E-state index in [0.717, 1.165) is 23.6 Å². The summed E-state index contributed by atoms with van der Waals surface area (Å²) in [5.74, 6) is 1.45. The molecule has 18 heavy (non-hydrogen) atoms. The fourth-order valence-corrected chi connectivity index (χ4v) is 2.00. The third-order valence-corrected chi connectivity index (χ3v) is 2.83. The van der Waals surface area contributed by atoms with Gasteiger partial charge >= 0.3 is 0 Å². The average Bonchev–Trinajstić information content (AvgIpc) is 2.36. The fourth-order valence-electron chi connectivity index (χ4n) is 1.74. The molecule has 5 heteroatoms. The van der Waals surface area contributed by atoms with Crippen LogP contribution in [0.1, 0.15) is 17.8 Å². The van der Waals surface area contributed by atoms with Crippen LogP contribution in [0.4, 0.5) is 0 Å². The third-order valence-electron chi connectivity index (χ3n) is 2.61. The second-order valence-electron chi connectivity index (χ2n) is 4.15. The van der Waals surface area contributed by atoms with E-state index in [4.69, 9.17) is 21.1 Å². The fraction of sp³-hybridized carbons (Fsp3) is 0.615. The summed E-state index contributed by atoms with van der Waals surface area (Å²) >= 11 is 5.76. The van der Waals surface area contributed by atoms with Crippen molar-refractivity contribution in [3.63, 3.8) is 0 Å². The van der Waals surface area contributed by atoms with Crippen molar-refractivity contribution in [3.05, 3.63) is 23.5 Å². The maximum atomic E-state index is 5.76. The summed E-state index contributed by atoms with van der Waals surface area (Å²) in [7, 11) is 3.35. The molecule has 0 amide bonds. The molecule has 0 aromatic carbocycles. The van der Waals surface area contributed by atoms with Gasteiger partial charge in [0.1, 0.15) is 5.75 Å². The highest BCUT2D eigenvalue weighted by Crippen LogP contribution is 2.13. The van der Waals surface area contributed by atoms with E-state index >= 15 is 0 Å². The van der Waals surface area contributed by atoms with Crippen LogP contribution in [-0.4, -0.2) is 37.7 Å². The zero-order valence-electron chi connectivity index (χ0n) is 11.2. The molecule has 1 N–H and O–H groups in total. The Morgan fingerprint density at radius 1 is 1.39 bits per heavy atom. The number of nitrogens with zero attached hydrogens (tertiary/aromatic N) is 1. The van der Waals surface area contributed by atoms with Gasteiger partial charge in [0.25, 0.3) is 0 Å². The van der Waals surface area contributed by atoms with Gasteiger partial charge in [-0.3, -0.25) is 4.98 Å². The molecule has 0 fully saturated rings. The molecule has 0 saturated carbocycles. The molecule has 1 atom stereocenters. The van der Waals surface area contributed by atoms with Gasteiger partial charge in [0.15, 0.2) is 0 Å². The molecular weight excluding hydrogens is 252 g/mol. The molecule has 4 nitrogen and oxygen atoms in total. The Balaban J connectivity index is 2.57. The van der Waals surface area contributed by atoms with Crippen molar-refractivity contribution in [3.8, 4) is 5.75 Å². The first-order chi connectivity index (χ1) is 8.69. The van der Waals surface area contributed by atoms with E-state index in [2.05, 4.69) is 10.3 Å². The molecule has 0 aliphatic rings. The Labute approximate surface area is 114 Å². The Morgan fingerprint density at radius 2 is 2.17 bits per heavy atom. The molecular formula is C13H21ClN2O2. The first kappa shape index (κ1) is 15.2. The van der Waals surface area contributed by atoms with Gasteiger partial charge in [-0.1, -0.05) is 0 Å². The van der Waals surface area contributed by atoms with E-state index in [1.807, 2.05) is 19.1 Å². The standard InChI is InChI=1S/C13H21ClN2O2/c1-10-6-13(18-3)7-12(16-10)8-15-11(4-5-14)9-17-2/h6-7,11,15H,4-5,8-9H2,1-3H3. The van der Waals surface area contributed by atoms with Gasteiger partial charge < -0.3 is 14.8 Å². The number of ether oxygens (including phenoxy) is 2. The normalized spacial score (nSPS) is 12.4. The molecule has 1 aromatic heterocycles. The van der Waals surface area contributed by atoms with Gasteiger partial charge in [0.05, 0.1) is 19.4 Å². The van der Waals surface area contributed by atoms with Crippen LogP contribution in [0, 0.1) is 6.92 Å². The second kappa shape index (κ2) is 8.29. The van der Waals surface area contributed by atoms with Crippen LogP contribution >= 0.6 is 11.6 Å². The van der Waals surface area contributed by atoms with E-state index in [-0.39, 0.29) is 6.04 Å². The summed E-state index contributed by atoms with van der Waals surface area (Å²) in [4.78, 5) is 4.46. The van der Waals surface area contributed by atoms with Crippen molar-refractivity contribution in [1.29, 1.82) is 0 Å². The van der Waals surface area contributed by atoms with Gasteiger partial charge in [-0.05, 0) is 13.3 Å². The van der Waals surface area contributed by atoms with Gasteiger partial charge in [0, 0.05) is 43.4 Å². The van der Waals surface area contributed by atoms with Gasteiger partial charge in [-0.2, -0.15) is 0 Å². The number of hydrogen-bond acceptors (Lipinski definition) is 4. The first-order valence-corrected chi connectivity index (χ1v) is 6.53. The molecule has 102 valence electrons. The van der Waals surface area contributed by atoms with Gasteiger partial charge in [-0.15, -0.1) is 11.6 Å². The monoisotopic (exact) mass is 272 g/mol. The number of methoxy groups -OCH3 is 2. The summed E-state index contributed by atoms with van der Waals surface area (Å²) < 4.78 is 10.4. The number of rotatable bonds is 8. The molecule has 0 saturated heterocycles. The predicted molar refractivity (Wildman–Crippen MR) is 73.4 cm³/mol. The Morgan fingerprint density at radius 3 is 2.78 bits per heavy atom. The summed E-state index contributed by atoms with van der Waals surface area (Å²) in [5, 5.41) is 3.39. The summed E-state index contributed by atoms with van der Waals surface area (Å²) in [6.45, 7) is 3.29. The van der Waals surface area contributed by atoms with E-state index in [1.165, 1.54) is 0 Å². The van der Waals surface area contributed by atoms with Crippen LogP contribution in [0.5, 0.6) is 5.75 Å². The van der Waals surface area contributed by atoms with Crippen molar-refractivity contribution in [2.45, 2.75) is 25.9 Å². The lowest BCUT2D eigenvalue weighted by atomic mass is 10.2. The lowest BCUT2D eigenvalue weighted by Gasteiger charge is -2.16. The molecule has 1 rings (SSSR count). The van der Waals surface area contributed by atoms with E-state index in [9.17, 15) is 0 Å². The molecule has 1 aromatic rings. The van der Waals surface area contributed by atoms with Crippen LogP contribution in [0.15, 0.2) is 12.1 Å². The van der Waals surface area contributed by atoms with Crippen LogP contribution in [0.3, 0.4) is 0 Å². The van der Waals surface area contributed by atoms with Crippen molar-refractivity contribution >= 4 is 11.6 Å². The lowest BCUT2D eigenvalue weighted by Crippen LogP contribution is -2.33. The van der Waals surface area contributed by atoms with Crippen molar-refractivity contribution < 1.29 is 9.47 Å². The molecule has 0 spiro atoms. The number of halogens is 1. The molecule has 0 aliphatic carbocycles. The molecule has 1 unspecified atom stereocenters. The Hall–Kier alpha value is -0.840.